The lowest BCUT2D eigenvalue weighted by Crippen LogP contribution is -2.13. The van der Waals surface area contributed by atoms with Crippen LogP contribution >= 0.6 is 27.5 Å². The second-order valence-electron chi connectivity index (χ2n) is 4.24. The van der Waals surface area contributed by atoms with Crippen molar-refractivity contribution in [3.63, 3.8) is 0 Å². The fourth-order valence-corrected chi connectivity index (χ4v) is 2.86. The predicted octanol–water partition coefficient (Wildman–Crippen LogP) is 5.02. The van der Waals surface area contributed by atoms with E-state index in [1.54, 1.807) is 6.92 Å². The summed E-state index contributed by atoms with van der Waals surface area (Å²) in [6, 6.07) is 1.37. The minimum atomic E-state index is -0.822. The number of hydrogen-bond acceptors (Lipinski definition) is 1. The molecule has 1 aromatic rings. The minimum Gasteiger partial charge on any atom is -0.388 e. The molecule has 0 aromatic heterocycles. The summed E-state index contributed by atoms with van der Waals surface area (Å²) in [7, 11) is 0. The molecule has 0 heterocycles. The zero-order chi connectivity index (χ0) is 13.2. The van der Waals surface area contributed by atoms with Gasteiger partial charge in [-0.2, -0.15) is 0 Å². The molecule has 0 fully saturated rings. The number of aliphatic hydroxyl groups excluding tert-OH is 1. The highest BCUT2D eigenvalue weighted by Crippen LogP contribution is 2.39. The molecule has 1 aromatic carbocycles. The van der Waals surface area contributed by atoms with Gasteiger partial charge in [0.25, 0.3) is 0 Å². The second kappa shape index (κ2) is 6.17. The normalized spacial score (nSPS) is 13.2. The molecule has 1 unspecified atom stereocenters. The van der Waals surface area contributed by atoms with Crippen molar-refractivity contribution in [2.24, 2.45) is 5.92 Å². The van der Waals surface area contributed by atoms with Gasteiger partial charge in [0.2, 0.25) is 0 Å². The molecular weight excluding hydrogens is 306 g/mol. The van der Waals surface area contributed by atoms with E-state index in [2.05, 4.69) is 15.9 Å². The molecular formula is C13H17BrClFO. The molecule has 1 rings (SSSR count). The maximum Gasteiger partial charge on any atom is 0.130 e. The quantitative estimate of drug-likeness (QED) is 0.771. The third kappa shape index (κ3) is 3.01. The van der Waals surface area contributed by atoms with Crippen LogP contribution < -0.4 is 0 Å². The van der Waals surface area contributed by atoms with Crippen molar-refractivity contribution in [1.29, 1.82) is 0 Å². The van der Waals surface area contributed by atoms with Gasteiger partial charge >= 0.3 is 0 Å². The molecule has 4 heteroatoms. The zero-order valence-electron chi connectivity index (χ0n) is 10.2. The Kier molecular flexibility index (Phi) is 5.42. The number of benzene rings is 1. The van der Waals surface area contributed by atoms with Crippen LogP contribution in [0.4, 0.5) is 4.39 Å². The van der Waals surface area contributed by atoms with Crippen LogP contribution in [0, 0.1) is 18.7 Å². The van der Waals surface area contributed by atoms with Crippen molar-refractivity contribution in [3.05, 3.63) is 32.5 Å². The van der Waals surface area contributed by atoms with E-state index >= 15 is 0 Å². The second-order valence-corrected chi connectivity index (χ2v) is 5.41. The van der Waals surface area contributed by atoms with Crippen molar-refractivity contribution in [2.45, 2.75) is 39.7 Å². The lowest BCUT2D eigenvalue weighted by molar-refractivity contribution is 0.0988. The molecule has 0 aliphatic carbocycles. The molecule has 1 nitrogen and oxygen atoms in total. The Labute approximate surface area is 115 Å². The number of aryl methyl sites for hydroxylation is 1. The van der Waals surface area contributed by atoms with Gasteiger partial charge in [0, 0.05) is 10.0 Å². The lowest BCUT2D eigenvalue weighted by atomic mass is 9.90. The fourth-order valence-electron chi connectivity index (χ4n) is 1.97. The highest BCUT2D eigenvalue weighted by molar-refractivity contribution is 9.10. The summed E-state index contributed by atoms with van der Waals surface area (Å²) in [5.41, 5.74) is 0.936. The van der Waals surface area contributed by atoms with Crippen molar-refractivity contribution >= 4 is 27.5 Å². The van der Waals surface area contributed by atoms with Crippen LogP contribution in [0.25, 0.3) is 0 Å². The average molecular weight is 324 g/mol. The summed E-state index contributed by atoms with van der Waals surface area (Å²) < 4.78 is 14.4. The van der Waals surface area contributed by atoms with E-state index < -0.39 is 11.9 Å². The van der Waals surface area contributed by atoms with E-state index in [1.165, 1.54) is 6.07 Å². The SMILES string of the molecule is CCC(CC)C(O)c1c(F)cc(C)c(Cl)c1Br. The standard InChI is InChI=1S/C13H17BrClFO/c1-4-8(5-2)13(17)10-9(16)6-7(3)12(15)11(10)14/h6,8,13,17H,4-5H2,1-3H3. The maximum atomic E-state index is 13.9. The van der Waals surface area contributed by atoms with Gasteiger partial charge in [-0.25, -0.2) is 4.39 Å². The van der Waals surface area contributed by atoms with Crippen LogP contribution in [-0.4, -0.2) is 5.11 Å². The summed E-state index contributed by atoms with van der Waals surface area (Å²) in [4.78, 5) is 0. The van der Waals surface area contributed by atoms with Crippen molar-refractivity contribution in [2.75, 3.05) is 0 Å². The highest BCUT2D eigenvalue weighted by Gasteiger charge is 2.25. The van der Waals surface area contributed by atoms with Crippen LogP contribution in [0.5, 0.6) is 0 Å². The van der Waals surface area contributed by atoms with Gasteiger partial charge in [0.05, 0.1) is 11.1 Å². The molecule has 1 atom stereocenters. The van der Waals surface area contributed by atoms with Gasteiger partial charge in [-0.3, -0.25) is 0 Å². The van der Waals surface area contributed by atoms with Gasteiger partial charge < -0.3 is 5.11 Å². The Hall–Kier alpha value is -0.120. The molecule has 0 aliphatic heterocycles. The van der Waals surface area contributed by atoms with Crippen molar-refractivity contribution in [1.82, 2.24) is 0 Å². The topological polar surface area (TPSA) is 20.2 Å². The van der Waals surface area contributed by atoms with E-state index in [0.717, 1.165) is 12.8 Å². The molecule has 1 N–H and O–H groups in total. The van der Waals surface area contributed by atoms with Crippen molar-refractivity contribution in [3.8, 4) is 0 Å². The maximum absolute atomic E-state index is 13.9. The van der Waals surface area contributed by atoms with Gasteiger partial charge in [-0.1, -0.05) is 38.3 Å². The minimum absolute atomic E-state index is 0.0413. The first-order valence-corrected chi connectivity index (χ1v) is 6.93. The van der Waals surface area contributed by atoms with Gasteiger partial charge in [0.1, 0.15) is 5.82 Å². The molecule has 0 spiro atoms. The lowest BCUT2D eigenvalue weighted by Gasteiger charge is -2.23. The van der Waals surface area contributed by atoms with E-state index in [1.807, 2.05) is 13.8 Å². The van der Waals surface area contributed by atoms with Gasteiger partial charge in [-0.05, 0) is 40.4 Å². The molecule has 0 bridgehead atoms. The molecule has 96 valence electrons. The third-order valence-electron chi connectivity index (χ3n) is 3.17. The van der Waals surface area contributed by atoms with E-state index in [4.69, 9.17) is 11.6 Å². The van der Waals surface area contributed by atoms with E-state index in [0.29, 0.717) is 15.1 Å². The average Bonchev–Trinajstić information content (AvgIpc) is 2.28. The Balaban J connectivity index is 3.26. The van der Waals surface area contributed by atoms with Crippen LogP contribution in [-0.2, 0) is 0 Å². The highest BCUT2D eigenvalue weighted by atomic mass is 79.9. The monoisotopic (exact) mass is 322 g/mol. The first-order chi connectivity index (χ1) is 7.93. The largest absolute Gasteiger partial charge is 0.388 e. The first kappa shape index (κ1) is 14.9. The zero-order valence-corrected chi connectivity index (χ0v) is 12.6. The molecule has 17 heavy (non-hydrogen) atoms. The van der Waals surface area contributed by atoms with E-state index in [-0.39, 0.29) is 11.5 Å². The Bertz CT molecular complexity index is 405. The van der Waals surface area contributed by atoms with Crippen molar-refractivity contribution < 1.29 is 9.50 Å². The summed E-state index contributed by atoms with van der Waals surface area (Å²) in [6.07, 6.45) is 0.779. The number of rotatable bonds is 4. The van der Waals surface area contributed by atoms with Crippen LogP contribution in [0.2, 0.25) is 5.02 Å². The Morgan fingerprint density at radius 1 is 1.41 bits per heavy atom. The predicted molar refractivity (Wildman–Crippen MR) is 72.9 cm³/mol. The van der Waals surface area contributed by atoms with Gasteiger partial charge in [0.15, 0.2) is 0 Å². The Morgan fingerprint density at radius 3 is 2.41 bits per heavy atom. The van der Waals surface area contributed by atoms with E-state index in [9.17, 15) is 9.50 Å². The third-order valence-corrected chi connectivity index (χ3v) is 4.71. The summed E-state index contributed by atoms with van der Waals surface area (Å²) in [6.45, 7) is 5.71. The van der Waals surface area contributed by atoms with Gasteiger partial charge in [-0.15, -0.1) is 0 Å². The fraction of sp³-hybridized carbons (Fsp3) is 0.538. The number of aliphatic hydroxyl groups is 1. The molecule has 0 saturated heterocycles. The molecule has 0 amide bonds. The first-order valence-electron chi connectivity index (χ1n) is 5.76. The summed E-state index contributed by atoms with van der Waals surface area (Å²) in [5.74, 6) is -0.363. The smallest absolute Gasteiger partial charge is 0.130 e. The Morgan fingerprint density at radius 2 is 1.94 bits per heavy atom. The molecule has 0 aliphatic rings. The summed E-state index contributed by atoms with van der Waals surface area (Å²) >= 11 is 9.34. The molecule has 0 saturated carbocycles. The number of hydrogen-bond donors (Lipinski definition) is 1. The van der Waals surface area contributed by atoms with Crippen LogP contribution in [0.15, 0.2) is 10.5 Å². The van der Waals surface area contributed by atoms with Crippen LogP contribution in [0.1, 0.15) is 43.9 Å². The number of halogens is 3. The molecule has 0 radical (unpaired) electrons. The summed E-state index contributed by atoms with van der Waals surface area (Å²) in [5, 5.41) is 10.7. The van der Waals surface area contributed by atoms with Crippen LogP contribution in [0.3, 0.4) is 0 Å².